The van der Waals surface area contributed by atoms with Gasteiger partial charge in [0.25, 0.3) is 0 Å². The molecule has 2 fully saturated rings. The number of imide groups is 1. The summed E-state index contributed by atoms with van der Waals surface area (Å²) in [6, 6.07) is 1.76. The first kappa shape index (κ1) is 16.7. The summed E-state index contributed by atoms with van der Waals surface area (Å²) in [5.74, 6) is -0.490. The van der Waals surface area contributed by atoms with Gasteiger partial charge in [0.1, 0.15) is 6.54 Å². The van der Waals surface area contributed by atoms with E-state index >= 15 is 0 Å². The Kier molecular flexibility index (Phi) is 4.40. The molecule has 1 aliphatic carbocycles. The number of likely N-dealkylation sites (tertiary alicyclic amines) is 1. The van der Waals surface area contributed by atoms with Crippen LogP contribution in [0.1, 0.15) is 12.8 Å². The summed E-state index contributed by atoms with van der Waals surface area (Å²) >= 11 is 0. The SMILES string of the molecule is O=C(CN1C(=O)[C@H]2CC=CC[C@H]2C1=O)N1CCN(c2ncccn2)CC1. The lowest BCUT2D eigenvalue weighted by Crippen LogP contribution is -2.52. The fourth-order valence-electron chi connectivity index (χ4n) is 3.87. The molecule has 0 spiro atoms. The van der Waals surface area contributed by atoms with Crippen molar-refractivity contribution in [2.24, 2.45) is 11.8 Å². The minimum atomic E-state index is -0.285. The van der Waals surface area contributed by atoms with Gasteiger partial charge in [0.05, 0.1) is 11.8 Å². The Labute approximate surface area is 151 Å². The van der Waals surface area contributed by atoms with Crippen LogP contribution in [0.2, 0.25) is 0 Å². The van der Waals surface area contributed by atoms with Crippen LogP contribution in [0.5, 0.6) is 0 Å². The van der Waals surface area contributed by atoms with Crippen molar-refractivity contribution in [2.75, 3.05) is 37.6 Å². The molecule has 0 aromatic carbocycles. The molecule has 0 N–H and O–H groups in total. The summed E-state index contributed by atoms with van der Waals surface area (Å²) < 4.78 is 0. The first-order valence-electron chi connectivity index (χ1n) is 8.95. The predicted octanol–water partition coefficient (Wildman–Crippen LogP) is 0.0764. The molecule has 2 aliphatic heterocycles. The van der Waals surface area contributed by atoms with Crippen LogP contribution in [-0.4, -0.2) is 70.2 Å². The summed E-state index contributed by atoms with van der Waals surface area (Å²) in [5, 5.41) is 0. The standard InChI is InChI=1S/C18H21N5O3/c24-15(12-23-16(25)13-4-1-2-5-14(13)17(23)26)21-8-10-22(11-9-21)18-19-6-3-7-20-18/h1-3,6-7,13-14H,4-5,8-12H2/t13-,14+. The predicted molar refractivity (Wildman–Crippen MR) is 92.9 cm³/mol. The van der Waals surface area contributed by atoms with E-state index in [4.69, 9.17) is 0 Å². The Balaban J connectivity index is 1.35. The van der Waals surface area contributed by atoms with Crippen molar-refractivity contribution in [1.29, 1.82) is 0 Å². The van der Waals surface area contributed by atoms with Crippen molar-refractivity contribution in [3.8, 4) is 0 Å². The third-order valence-electron chi connectivity index (χ3n) is 5.36. The van der Waals surface area contributed by atoms with E-state index in [1.54, 1.807) is 23.4 Å². The number of rotatable bonds is 3. The molecule has 1 aromatic heterocycles. The first-order valence-corrected chi connectivity index (χ1v) is 8.95. The molecule has 0 saturated carbocycles. The van der Waals surface area contributed by atoms with Crippen LogP contribution in [0.4, 0.5) is 5.95 Å². The second-order valence-electron chi connectivity index (χ2n) is 6.84. The molecule has 0 bridgehead atoms. The maximum Gasteiger partial charge on any atom is 0.242 e. The Morgan fingerprint density at radius 3 is 2.12 bits per heavy atom. The number of amides is 3. The van der Waals surface area contributed by atoms with E-state index < -0.39 is 0 Å². The number of aromatic nitrogens is 2. The Bertz CT molecular complexity index is 716. The molecule has 0 radical (unpaired) electrons. The fraction of sp³-hybridized carbons (Fsp3) is 0.500. The van der Waals surface area contributed by atoms with Crippen molar-refractivity contribution in [3.63, 3.8) is 0 Å². The third-order valence-corrected chi connectivity index (χ3v) is 5.36. The maximum atomic E-state index is 12.6. The van der Waals surface area contributed by atoms with Gasteiger partial charge in [0, 0.05) is 38.6 Å². The van der Waals surface area contributed by atoms with E-state index in [1.165, 1.54) is 0 Å². The lowest BCUT2D eigenvalue weighted by atomic mass is 9.85. The summed E-state index contributed by atoms with van der Waals surface area (Å²) in [7, 11) is 0. The van der Waals surface area contributed by atoms with Crippen LogP contribution in [-0.2, 0) is 14.4 Å². The molecular weight excluding hydrogens is 334 g/mol. The highest BCUT2D eigenvalue weighted by Crippen LogP contribution is 2.34. The van der Waals surface area contributed by atoms with E-state index in [-0.39, 0.29) is 36.1 Å². The average molecular weight is 355 g/mol. The molecule has 2 atom stereocenters. The summed E-state index contributed by atoms with van der Waals surface area (Å²) in [4.78, 5) is 50.9. The zero-order valence-corrected chi connectivity index (χ0v) is 14.5. The molecule has 3 heterocycles. The van der Waals surface area contributed by atoms with Gasteiger partial charge in [-0.15, -0.1) is 0 Å². The maximum absolute atomic E-state index is 12.6. The van der Waals surface area contributed by atoms with E-state index in [0.29, 0.717) is 45.0 Å². The highest BCUT2D eigenvalue weighted by molar-refractivity contribution is 6.07. The number of allylic oxidation sites excluding steroid dienone is 2. The van der Waals surface area contributed by atoms with Gasteiger partial charge in [0.15, 0.2) is 0 Å². The topological polar surface area (TPSA) is 86.7 Å². The number of carbonyl (C=O) groups is 3. The van der Waals surface area contributed by atoms with Crippen LogP contribution in [0, 0.1) is 11.8 Å². The molecule has 1 aromatic rings. The second kappa shape index (κ2) is 6.86. The number of fused-ring (bicyclic) bond motifs is 1. The summed E-state index contributed by atoms with van der Waals surface area (Å²) in [5.41, 5.74) is 0. The Morgan fingerprint density at radius 2 is 1.54 bits per heavy atom. The lowest BCUT2D eigenvalue weighted by Gasteiger charge is -2.35. The van der Waals surface area contributed by atoms with Gasteiger partial charge >= 0.3 is 0 Å². The Morgan fingerprint density at radius 1 is 0.962 bits per heavy atom. The highest BCUT2D eigenvalue weighted by atomic mass is 16.2. The van der Waals surface area contributed by atoms with Gasteiger partial charge in [-0.25, -0.2) is 9.97 Å². The number of nitrogens with zero attached hydrogens (tertiary/aromatic N) is 5. The number of hydrogen-bond donors (Lipinski definition) is 0. The monoisotopic (exact) mass is 355 g/mol. The minimum Gasteiger partial charge on any atom is -0.338 e. The molecule has 2 saturated heterocycles. The molecule has 8 heteroatoms. The number of anilines is 1. The number of piperazine rings is 1. The minimum absolute atomic E-state index is 0.146. The second-order valence-corrected chi connectivity index (χ2v) is 6.84. The van der Waals surface area contributed by atoms with Crippen LogP contribution in [0.15, 0.2) is 30.6 Å². The van der Waals surface area contributed by atoms with E-state index in [0.717, 1.165) is 4.90 Å². The molecule has 3 aliphatic rings. The zero-order valence-electron chi connectivity index (χ0n) is 14.5. The van der Waals surface area contributed by atoms with Crippen molar-refractivity contribution < 1.29 is 14.4 Å². The van der Waals surface area contributed by atoms with Crippen LogP contribution < -0.4 is 4.90 Å². The van der Waals surface area contributed by atoms with Crippen molar-refractivity contribution in [3.05, 3.63) is 30.6 Å². The largest absolute Gasteiger partial charge is 0.338 e. The molecule has 0 unspecified atom stereocenters. The molecule has 4 rings (SSSR count). The van der Waals surface area contributed by atoms with Gasteiger partial charge in [-0.1, -0.05) is 12.2 Å². The van der Waals surface area contributed by atoms with Crippen molar-refractivity contribution in [2.45, 2.75) is 12.8 Å². The van der Waals surface area contributed by atoms with Gasteiger partial charge in [-0.05, 0) is 18.9 Å². The smallest absolute Gasteiger partial charge is 0.242 e. The van der Waals surface area contributed by atoms with Gasteiger partial charge in [-0.2, -0.15) is 0 Å². The Hall–Kier alpha value is -2.77. The van der Waals surface area contributed by atoms with Gasteiger partial charge < -0.3 is 9.80 Å². The lowest BCUT2D eigenvalue weighted by molar-refractivity contribution is -0.146. The molecule has 136 valence electrons. The van der Waals surface area contributed by atoms with E-state index in [2.05, 4.69) is 9.97 Å². The van der Waals surface area contributed by atoms with Crippen LogP contribution in [0.25, 0.3) is 0 Å². The first-order chi connectivity index (χ1) is 12.6. The molecular formula is C18H21N5O3. The average Bonchev–Trinajstić information content (AvgIpc) is 2.94. The van der Waals surface area contributed by atoms with Crippen molar-refractivity contribution in [1.82, 2.24) is 19.8 Å². The third kappa shape index (κ3) is 2.95. The van der Waals surface area contributed by atoms with E-state index in [9.17, 15) is 14.4 Å². The van der Waals surface area contributed by atoms with Gasteiger partial charge in [-0.3, -0.25) is 19.3 Å². The van der Waals surface area contributed by atoms with Gasteiger partial charge in [0.2, 0.25) is 23.7 Å². The number of hydrogen-bond acceptors (Lipinski definition) is 6. The summed E-state index contributed by atoms with van der Waals surface area (Å²) in [6.07, 6.45) is 8.47. The van der Waals surface area contributed by atoms with Crippen LogP contribution in [0.3, 0.4) is 0 Å². The van der Waals surface area contributed by atoms with Crippen molar-refractivity contribution >= 4 is 23.7 Å². The quantitative estimate of drug-likeness (QED) is 0.564. The normalized spacial score (nSPS) is 25.6. The molecule has 8 nitrogen and oxygen atoms in total. The molecule has 26 heavy (non-hydrogen) atoms. The molecule has 3 amide bonds. The van der Waals surface area contributed by atoms with Crippen LogP contribution >= 0.6 is 0 Å². The van der Waals surface area contributed by atoms with E-state index in [1.807, 2.05) is 17.1 Å². The number of carbonyl (C=O) groups excluding carboxylic acids is 3. The summed E-state index contributed by atoms with van der Waals surface area (Å²) in [6.45, 7) is 2.18. The highest BCUT2D eigenvalue weighted by Gasteiger charge is 2.48. The fourth-order valence-corrected chi connectivity index (χ4v) is 3.87. The zero-order chi connectivity index (χ0) is 18.1.